The van der Waals surface area contributed by atoms with Gasteiger partial charge in [-0.3, -0.25) is 5.32 Å². The van der Waals surface area contributed by atoms with E-state index in [1.165, 1.54) is 5.56 Å². The van der Waals surface area contributed by atoms with Crippen LogP contribution in [0.15, 0.2) is 35.4 Å². The Labute approximate surface area is 106 Å². The molecule has 4 N–H and O–H groups in total. The van der Waals surface area contributed by atoms with Crippen molar-refractivity contribution in [3.8, 4) is 0 Å². The molecule has 1 aromatic carbocycles. The number of piperidine rings is 1. The van der Waals surface area contributed by atoms with Gasteiger partial charge in [0.05, 0.1) is 18.6 Å². The average Bonchev–Trinajstić information content (AvgIpc) is 2.80. The van der Waals surface area contributed by atoms with E-state index in [1.54, 1.807) is 0 Å². The van der Waals surface area contributed by atoms with Crippen LogP contribution in [0.2, 0.25) is 0 Å². The van der Waals surface area contributed by atoms with Gasteiger partial charge in [0.15, 0.2) is 0 Å². The van der Waals surface area contributed by atoms with Crippen LogP contribution in [-0.4, -0.2) is 24.7 Å². The van der Waals surface area contributed by atoms with E-state index in [0.29, 0.717) is 18.5 Å². The predicted octanol–water partition coefficient (Wildman–Crippen LogP) is 0.383. The monoisotopic (exact) mass is 246 g/mol. The first-order valence-electron chi connectivity index (χ1n) is 6.32. The van der Waals surface area contributed by atoms with Crippen LogP contribution in [0.25, 0.3) is 0 Å². The van der Waals surface area contributed by atoms with Crippen molar-refractivity contribution in [2.24, 2.45) is 16.8 Å². The smallest absolute Gasteiger partial charge is 0.128 e. The van der Waals surface area contributed by atoms with E-state index in [-0.39, 0.29) is 12.1 Å². The Balaban J connectivity index is 1.63. The average molecular weight is 246 g/mol. The Morgan fingerprint density at radius 3 is 3.00 bits per heavy atom. The number of amidine groups is 1. The highest BCUT2D eigenvalue weighted by molar-refractivity contribution is 5.85. The van der Waals surface area contributed by atoms with Crippen LogP contribution in [0.3, 0.4) is 0 Å². The second kappa shape index (κ2) is 4.96. The summed E-state index contributed by atoms with van der Waals surface area (Å²) < 4.78 is 5.94. The van der Waals surface area contributed by atoms with Gasteiger partial charge in [0.1, 0.15) is 12.1 Å². The zero-order valence-corrected chi connectivity index (χ0v) is 10.2. The summed E-state index contributed by atoms with van der Waals surface area (Å²) in [6, 6.07) is 10.5. The Morgan fingerprint density at radius 1 is 1.33 bits per heavy atom. The number of nitrogens with two attached hydrogens (primary N) is 1. The molecule has 0 spiro atoms. The number of fused-ring (bicyclic) bond motifs is 1. The number of benzene rings is 1. The van der Waals surface area contributed by atoms with Crippen molar-refractivity contribution in [2.45, 2.75) is 25.3 Å². The van der Waals surface area contributed by atoms with Crippen LogP contribution in [-0.2, 0) is 11.3 Å². The quantitative estimate of drug-likeness (QED) is 0.721. The highest BCUT2D eigenvalue weighted by Crippen LogP contribution is 2.23. The lowest BCUT2D eigenvalue weighted by Gasteiger charge is -2.33. The first kappa shape index (κ1) is 11.5. The molecule has 2 aliphatic heterocycles. The largest absolute Gasteiger partial charge is 0.385 e. The van der Waals surface area contributed by atoms with Gasteiger partial charge in [0.25, 0.3) is 0 Å². The summed E-state index contributed by atoms with van der Waals surface area (Å²) in [7, 11) is 0. The summed E-state index contributed by atoms with van der Waals surface area (Å²) in [4.78, 5) is 0. The SMILES string of the molecule is NC1=NNC2CCNC(OCc3ccccc3)C12. The van der Waals surface area contributed by atoms with Crippen LogP contribution in [0.1, 0.15) is 12.0 Å². The third-order valence-corrected chi connectivity index (χ3v) is 3.53. The van der Waals surface area contributed by atoms with Crippen molar-refractivity contribution in [1.29, 1.82) is 0 Å². The second-order valence-corrected chi connectivity index (χ2v) is 4.76. The van der Waals surface area contributed by atoms with E-state index in [0.717, 1.165) is 13.0 Å². The van der Waals surface area contributed by atoms with E-state index in [2.05, 4.69) is 28.0 Å². The molecule has 0 saturated carbocycles. The molecule has 0 radical (unpaired) electrons. The number of rotatable bonds is 3. The summed E-state index contributed by atoms with van der Waals surface area (Å²) in [5.74, 6) is 0.785. The van der Waals surface area contributed by atoms with E-state index in [9.17, 15) is 0 Å². The zero-order chi connectivity index (χ0) is 12.4. The number of hydrogen-bond acceptors (Lipinski definition) is 5. The second-order valence-electron chi connectivity index (χ2n) is 4.76. The number of nitrogens with one attached hydrogen (secondary N) is 2. The Hall–Kier alpha value is -1.59. The minimum Gasteiger partial charge on any atom is -0.385 e. The van der Waals surface area contributed by atoms with Crippen molar-refractivity contribution in [1.82, 2.24) is 10.7 Å². The maximum atomic E-state index is 5.94. The summed E-state index contributed by atoms with van der Waals surface area (Å²) in [6.45, 7) is 1.52. The van der Waals surface area contributed by atoms with Crippen LogP contribution in [0, 0.1) is 5.92 Å². The summed E-state index contributed by atoms with van der Waals surface area (Å²) >= 11 is 0. The van der Waals surface area contributed by atoms with Gasteiger partial charge in [-0.15, -0.1) is 0 Å². The van der Waals surface area contributed by atoms with Crippen molar-refractivity contribution in [3.63, 3.8) is 0 Å². The highest BCUT2D eigenvalue weighted by atomic mass is 16.5. The molecule has 96 valence electrons. The zero-order valence-electron chi connectivity index (χ0n) is 10.2. The fraction of sp³-hybridized carbons (Fsp3) is 0.462. The van der Waals surface area contributed by atoms with Crippen molar-refractivity contribution >= 4 is 5.84 Å². The normalized spacial score (nSPS) is 30.4. The van der Waals surface area contributed by atoms with Gasteiger partial charge in [-0.25, -0.2) is 0 Å². The lowest BCUT2D eigenvalue weighted by atomic mass is 9.92. The third kappa shape index (κ3) is 2.19. The molecule has 0 bridgehead atoms. The number of hydrazone groups is 1. The molecular weight excluding hydrogens is 228 g/mol. The first-order valence-corrected chi connectivity index (χ1v) is 6.32. The molecule has 3 unspecified atom stereocenters. The molecule has 0 aliphatic carbocycles. The minimum atomic E-state index is -0.0530. The van der Waals surface area contributed by atoms with Gasteiger partial charge >= 0.3 is 0 Å². The number of hydrogen-bond donors (Lipinski definition) is 3. The Kier molecular flexibility index (Phi) is 3.17. The van der Waals surface area contributed by atoms with E-state index >= 15 is 0 Å². The van der Waals surface area contributed by atoms with Gasteiger partial charge in [0, 0.05) is 0 Å². The van der Waals surface area contributed by atoms with Crippen molar-refractivity contribution in [3.05, 3.63) is 35.9 Å². The standard InChI is InChI=1S/C13H18N4O/c14-12-11-10(16-17-12)6-7-15-13(11)18-8-9-4-2-1-3-5-9/h1-5,10-11,13,15-16H,6-8H2,(H2,14,17). The van der Waals surface area contributed by atoms with Crippen molar-refractivity contribution in [2.75, 3.05) is 6.54 Å². The molecule has 1 fully saturated rings. The molecule has 2 heterocycles. The first-order chi connectivity index (χ1) is 8.84. The fourth-order valence-corrected chi connectivity index (χ4v) is 2.56. The predicted molar refractivity (Wildman–Crippen MR) is 69.7 cm³/mol. The molecular formula is C13H18N4O. The fourth-order valence-electron chi connectivity index (χ4n) is 2.56. The maximum absolute atomic E-state index is 5.94. The topological polar surface area (TPSA) is 71.7 Å². The van der Waals surface area contributed by atoms with E-state index < -0.39 is 0 Å². The molecule has 3 rings (SSSR count). The minimum absolute atomic E-state index is 0.0530. The third-order valence-electron chi connectivity index (χ3n) is 3.53. The summed E-state index contributed by atoms with van der Waals surface area (Å²) in [5.41, 5.74) is 10.2. The lowest BCUT2D eigenvalue weighted by molar-refractivity contribution is -0.0235. The van der Waals surface area contributed by atoms with Crippen LogP contribution < -0.4 is 16.5 Å². The molecule has 1 aromatic rings. The number of nitrogens with zero attached hydrogens (tertiary/aromatic N) is 1. The van der Waals surface area contributed by atoms with E-state index in [1.807, 2.05) is 18.2 Å². The highest BCUT2D eigenvalue weighted by Gasteiger charge is 2.40. The molecule has 5 nitrogen and oxygen atoms in total. The molecule has 1 saturated heterocycles. The lowest BCUT2D eigenvalue weighted by Crippen LogP contribution is -2.54. The summed E-state index contributed by atoms with van der Waals surface area (Å²) in [5, 5.41) is 7.48. The van der Waals surface area contributed by atoms with Crippen molar-refractivity contribution < 1.29 is 4.74 Å². The van der Waals surface area contributed by atoms with Gasteiger partial charge in [-0.05, 0) is 18.5 Å². The van der Waals surface area contributed by atoms with Gasteiger partial charge in [0.2, 0.25) is 0 Å². The summed E-state index contributed by atoms with van der Waals surface area (Å²) in [6.07, 6.45) is 0.975. The van der Waals surface area contributed by atoms with Crippen LogP contribution >= 0.6 is 0 Å². The Bertz CT molecular complexity index is 434. The molecule has 18 heavy (non-hydrogen) atoms. The molecule has 3 atom stereocenters. The molecule has 2 aliphatic rings. The molecule has 5 heteroatoms. The van der Waals surface area contributed by atoms with Crippen LogP contribution in [0.5, 0.6) is 0 Å². The van der Waals surface area contributed by atoms with E-state index in [4.69, 9.17) is 10.5 Å². The van der Waals surface area contributed by atoms with Gasteiger partial charge < -0.3 is 15.9 Å². The van der Waals surface area contributed by atoms with Crippen LogP contribution in [0.4, 0.5) is 0 Å². The van der Waals surface area contributed by atoms with Gasteiger partial charge in [-0.2, -0.15) is 5.10 Å². The Morgan fingerprint density at radius 2 is 2.17 bits per heavy atom. The van der Waals surface area contributed by atoms with Gasteiger partial charge in [-0.1, -0.05) is 30.3 Å². The molecule has 0 aromatic heterocycles. The number of ether oxygens (including phenoxy) is 1. The molecule has 0 amide bonds. The maximum Gasteiger partial charge on any atom is 0.128 e.